The van der Waals surface area contributed by atoms with E-state index in [0.717, 1.165) is 0 Å². The van der Waals surface area contributed by atoms with Gasteiger partial charge in [0.05, 0.1) is 6.54 Å². The average molecular weight is 413 g/mol. The molecule has 7 nitrogen and oxygen atoms in total. The number of nitrogens with one attached hydrogen (secondary N) is 2. The molecule has 2 aromatic rings. The SMILES string of the molecule is O=C(CN1CCC(C(=O)Nc2ccc3c(c2)OCCO3)CC1)Nc1ccc(F)cc1. The molecule has 2 aromatic carbocycles. The van der Waals surface area contributed by atoms with Crippen molar-refractivity contribution >= 4 is 23.2 Å². The molecule has 0 bridgehead atoms. The maximum Gasteiger partial charge on any atom is 0.238 e. The summed E-state index contributed by atoms with van der Waals surface area (Å²) in [5.41, 5.74) is 1.25. The van der Waals surface area contributed by atoms with Gasteiger partial charge in [0, 0.05) is 23.4 Å². The van der Waals surface area contributed by atoms with Gasteiger partial charge in [0.15, 0.2) is 11.5 Å². The lowest BCUT2D eigenvalue weighted by Crippen LogP contribution is -2.41. The number of halogens is 1. The predicted octanol–water partition coefficient (Wildman–Crippen LogP) is 2.89. The molecule has 0 unspecified atom stereocenters. The number of hydrogen-bond acceptors (Lipinski definition) is 5. The van der Waals surface area contributed by atoms with Gasteiger partial charge < -0.3 is 20.1 Å². The van der Waals surface area contributed by atoms with Crippen LogP contribution < -0.4 is 20.1 Å². The summed E-state index contributed by atoms with van der Waals surface area (Å²) in [6, 6.07) is 11.1. The minimum Gasteiger partial charge on any atom is -0.486 e. The van der Waals surface area contributed by atoms with Gasteiger partial charge in [0.25, 0.3) is 0 Å². The maximum atomic E-state index is 12.9. The van der Waals surface area contributed by atoms with Gasteiger partial charge >= 0.3 is 0 Å². The normalized spacial score (nSPS) is 16.7. The number of benzene rings is 2. The smallest absolute Gasteiger partial charge is 0.238 e. The van der Waals surface area contributed by atoms with Gasteiger partial charge in [-0.1, -0.05) is 0 Å². The third kappa shape index (κ3) is 5.07. The highest BCUT2D eigenvalue weighted by molar-refractivity contribution is 5.93. The van der Waals surface area contributed by atoms with Crippen LogP contribution in [0.25, 0.3) is 0 Å². The summed E-state index contributed by atoms with van der Waals surface area (Å²) in [6.45, 7) is 2.59. The van der Waals surface area contributed by atoms with Crippen LogP contribution in [-0.2, 0) is 9.59 Å². The molecule has 1 fully saturated rings. The lowest BCUT2D eigenvalue weighted by atomic mass is 9.95. The zero-order chi connectivity index (χ0) is 20.9. The molecule has 0 radical (unpaired) electrons. The molecule has 2 aliphatic rings. The van der Waals surface area contributed by atoms with Crippen LogP contribution in [0.2, 0.25) is 0 Å². The Hall–Kier alpha value is -3.13. The number of anilines is 2. The summed E-state index contributed by atoms with van der Waals surface area (Å²) in [5.74, 6) is 0.703. The molecule has 30 heavy (non-hydrogen) atoms. The lowest BCUT2D eigenvalue weighted by molar-refractivity contribution is -0.121. The summed E-state index contributed by atoms with van der Waals surface area (Å²) in [7, 11) is 0. The molecule has 2 aliphatic heterocycles. The van der Waals surface area contributed by atoms with Crippen LogP contribution in [0.5, 0.6) is 11.5 Å². The maximum absolute atomic E-state index is 12.9. The summed E-state index contributed by atoms with van der Waals surface area (Å²) in [4.78, 5) is 26.8. The highest BCUT2D eigenvalue weighted by atomic mass is 19.1. The van der Waals surface area contributed by atoms with Crippen LogP contribution >= 0.6 is 0 Å². The first-order valence-electron chi connectivity index (χ1n) is 10.0. The number of fused-ring (bicyclic) bond motifs is 1. The van der Waals surface area contributed by atoms with Gasteiger partial charge in [0.1, 0.15) is 19.0 Å². The molecule has 0 atom stereocenters. The minimum atomic E-state index is -0.343. The Labute approximate surface area is 174 Å². The van der Waals surface area contributed by atoms with E-state index in [4.69, 9.17) is 9.47 Å². The predicted molar refractivity (Wildman–Crippen MR) is 110 cm³/mol. The van der Waals surface area contributed by atoms with Crippen LogP contribution in [0.15, 0.2) is 42.5 Å². The van der Waals surface area contributed by atoms with E-state index < -0.39 is 0 Å². The quantitative estimate of drug-likeness (QED) is 0.788. The third-order valence-electron chi connectivity index (χ3n) is 5.26. The molecular formula is C22H24FN3O4. The Morgan fingerprint density at radius 2 is 1.60 bits per heavy atom. The van der Waals surface area contributed by atoms with E-state index in [2.05, 4.69) is 10.6 Å². The monoisotopic (exact) mass is 413 g/mol. The van der Waals surface area contributed by atoms with Crippen LogP contribution in [-0.4, -0.2) is 49.6 Å². The Balaban J connectivity index is 1.23. The Morgan fingerprint density at radius 3 is 2.33 bits per heavy atom. The van der Waals surface area contributed by atoms with Crippen molar-refractivity contribution in [2.24, 2.45) is 5.92 Å². The highest BCUT2D eigenvalue weighted by Gasteiger charge is 2.26. The molecule has 4 rings (SSSR count). The first-order chi connectivity index (χ1) is 14.6. The molecule has 0 spiro atoms. The molecule has 0 saturated carbocycles. The molecule has 2 amide bonds. The van der Waals surface area contributed by atoms with Crippen LogP contribution in [0.4, 0.5) is 15.8 Å². The average Bonchev–Trinajstić information content (AvgIpc) is 2.76. The summed E-state index contributed by atoms with van der Waals surface area (Å²) < 4.78 is 24.0. The van der Waals surface area contributed by atoms with E-state index >= 15 is 0 Å². The van der Waals surface area contributed by atoms with E-state index in [9.17, 15) is 14.0 Å². The first-order valence-corrected chi connectivity index (χ1v) is 10.0. The summed E-state index contributed by atoms with van der Waals surface area (Å²) >= 11 is 0. The lowest BCUT2D eigenvalue weighted by Gasteiger charge is -2.30. The summed E-state index contributed by atoms with van der Waals surface area (Å²) in [6.07, 6.45) is 1.36. The number of amides is 2. The van der Waals surface area contributed by atoms with E-state index in [0.29, 0.717) is 62.0 Å². The van der Waals surface area contributed by atoms with Crippen LogP contribution in [0.1, 0.15) is 12.8 Å². The third-order valence-corrected chi connectivity index (χ3v) is 5.26. The summed E-state index contributed by atoms with van der Waals surface area (Å²) in [5, 5.41) is 5.71. The fraction of sp³-hybridized carbons (Fsp3) is 0.364. The molecule has 0 aromatic heterocycles. The second kappa shape index (κ2) is 9.13. The molecule has 158 valence electrons. The molecule has 1 saturated heterocycles. The van der Waals surface area contributed by atoms with Crippen molar-refractivity contribution in [1.29, 1.82) is 0 Å². The topological polar surface area (TPSA) is 79.9 Å². The van der Waals surface area contributed by atoms with Crippen LogP contribution in [0, 0.1) is 11.7 Å². The van der Waals surface area contributed by atoms with E-state index in [-0.39, 0.29) is 30.1 Å². The highest BCUT2D eigenvalue weighted by Crippen LogP contribution is 2.33. The number of hydrogen-bond donors (Lipinski definition) is 2. The number of likely N-dealkylation sites (tertiary alicyclic amines) is 1. The Bertz CT molecular complexity index is 911. The molecule has 8 heteroatoms. The van der Waals surface area contributed by atoms with Gasteiger partial charge in [-0.25, -0.2) is 4.39 Å². The number of nitrogens with zero attached hydrogens (tertiary/aromatic N) is 1. The van der Waals surface area contributed by atoms with Crippen molar-refractivity contribution < 1.29 is 23.5 Å². The number of rotatable bonds is 5. The van der Waals surface area contributed by atoms with Gasteiger partial charge in [-0.05, 0) is 62.3 Å². The number of carbonyl (C=O) groups excluding carboxylic acids is 2. The fourth-order valence-electron chi connectivity index (χ4n) is 3.66. The molecule has 2 N–H and O–H groups in total. The van der Waals surface area contributed by atoms with E-state index in [1.165, 1.54) is 24.3 Å². The van der Waals surface area contributed by atoms with Crippen molar-refractivity contribution in [3.05, 3.63) is 48.3 Å². The second-order valence-electron chi connectivity index (χ2n) is 7.45. The zero-order valence-electron chi connectivity index (χ0n) is 16.5. The Morgan fingerprint density at radius 1 is 0.933 bits per heavy atom. The first kappa shape index (κ1) is 20.2. The fourth-order valence-corrected chi connectivity index (χ4v) is 3.66. The van der Waals surface area contributed by atoms with Crippen molar-refractivity contribution in [2.75, 3.05) is 43.5 Å². The van der Waals surface area contributed by atoms with Gasteiger partial charge in [-0.15, -0.1) is 0 Å². The van der Waals surface area contributed by atoms with Gasteiger partial charge in [0.2, 0.25) is 11.8 Å². The number of ether oxygens (including phenoxy) is 2. The number of carbonyl (C=O) groups is 2. The van der Waals surface area contributed by atoms with Crippen molar-refractivity contribution in [3.63, 3.8) is 0 Å². The minimum absolute atomic E-state index is 0.0258. The Kier molecular flexibility index (Phi) is 6.13. The molecule has 2 heterocycles. The van der Waals surface area contributed by atoms with E-state index in [1.54, 1.807) is 18.2 Å². The van der Waals surface area contributed by atoms with Crippen molar-refractivity contribution in [3.8, 4) is 11.5 Å². The van der Waals surface area contributed by atoms with Gasteiger partial charge in [-0.2, -0.15) is 0 Å². The second-order valence-corrected chi connectivity index (χ2v) is 7.45. The zero-order valence-corrected chi connectivity index (χ0v) is 16.5. The van der Waals surface area contributed by atoms with Crippen molar-refractivity contribution in [1.82, 2.24) is 4.90 Å². The largest absolute Gasteiger partial charge is 0.486 e. The molecule has 0 aliphatic carbocycles. The standard InChI is InChI=1S/C22H24FN3O4/c23-16-1-3-17(4-2-16)24-21(27)14-26-9-7-15(8-10-26)22(28)25-18-5-6-19-20(13-18)30-12-11-29-19/h1-6,13,15H,7-12,14H2,(H,24,27)(H,25,28). The van der Waals surface area contributed by atoms with E-state index in [1.807, 2.05) is 4.90 Å². The van der Waals surface area contributed by atoms with Crippen molar-refractivity contribution in [2.45, 2.75) is 12.8 Å². The van der Waals surface area contributed by atoms with Gasteiger partial charge in [-0.3, -0.25) is 14.5 Å². The molecular weight excluding hydrogens is 389 g/mol. The number of piperidine rings is 1. The van der Waals surface area contributed by atoms with Crippen LogP contribution in [0.3, 0.4) is 0 Å².